The molecule has 3 aromatic heterocycles. The zero-order chi connectivity index (χ0) is 32.7. The molecule has 2 fully saturated rings. The van der Waals surface area contributed by atoms with E-state index < -0.39 is 42.1 Å². The van der Waals surface area contributed by atoms with E-state index in [-0.39, 0.29) is 59.4 Å². The van der Waals surface area contributed by atoms with Gasteiger partial charge in [0.25, 0.3) is 12.3 Å². The van der Waals surface area contributed by atoms with Crippen molar-refractivity contribution in [2.75, 3.05) is 31.5 Å². The molecule has 1 aliphatic heterocycles. The van der Waals surface area contributed by atoms with Crippen LogP contribution < -0.4 is 11.1 Å². The van der Waals surface area contributed by atoms with Gasteiger partial charge in [-0.25, -0.2) is 23.1 Å². The Morgan fingerprint density at radius 1 is 1.07 bits per heavy atom. The van der Waals surface area contributed by atoms with Crippen LogP contribution in [0.3, 0.4) is 0 Å². The zero-order valence-corrected chi connectivity index (χ0v) is 24.2. The summed E-state index contributed by atoms with van der Waals surface area (Å²) < 4.78 is 83.9. The van der Waals surface area contributed by atoms with Crippen LogP contribution in [0, 0.1) is 11.7 Å². The number of benzene rings is 1. The highest BCUT2D eigenvalue weighted by atomic mass is 19.4. The van der Waals surface area contributed by atoms with Gasteiger partial charge in [0, 0.05) is 62.4 Å². The second-order valence-corrected chi connectivity index (χ2v) is 11.3. The molecule has 0 spiro atoms. The lowest BCUT2D eigenvalue weighted by atomic mass is 10.1. The monoisotopic (exact) mass is 649 g/mol. The van der Waals surface area contributed by atoms with Gasteiger partial charge in [-0.1, -0.05) is 0 Å². The van der Waals surface area contributed by atoms with Gasteiger partial charge in [-0.05, 0) is 37.5 Å². The highest BCUT2D eigenvalue weighted by Gasteiger charge is 2.39. The third kappa shape index (κ3) is 6.23. The third-order valence-corrected chi connectivity index (χ3v) is 8.22. The number of piperazine rings is 1. The quantitative estimate of drug-likeness (QED) is 0.288. The topological polar surface area (TPSA) is 127 Å². The van der Waals surface area contributed by atoms with Crippen molar-refractivity contribution in [2.45, 2.75) is 44.5 Å². The average Bonchev–Trinajstić information content (AvgIpc) is 3.75. The first-order valence-electron chi connectivity index (χ1n) is 14.5. The molecule has 1 aromatic carbocycles. The normalized spacial score (nSPS) is 19.0. The summed E-state index contributed by atoms with van der Waals surface area (Å²) in [5.74, 6) is -1.34. The summed E-state index contributed by atoms with van der Waals surface area (Å²) in [6, 6.07) is 3.87. The zero-order valence-electron chi connectivity index (χ0n) is 24.2. The molecule has 11 nitrogen and oxygen atoms in total. The van der Waals surface area contributed by atoms with Crippen molar-refractivity contribution in [2.24, 2.45) is 11.7 Å². The maximum absolute atomic E-state index is 15.2. The van der Waals surface area contributed by atoms with Crippen molar-refractivity contribution < 1.29 is 35.9 Å². The summed E-state index contributed by atoms with van der Waals surface area (Å²) in [6.45, 7) is 0.181. The number of imidazole rings is 1. The number of rotatable bonds is 7. The molecule has 6 rings (SSSR count). The van der Waals surface area contributed by atoms with E-state index in [4.69, 9.17) is 5.73 Å². The largest absolute Gasteiger partial charge is 0.435 e. The molecule has 1 aliphatic carbocycles. The maximum Gasteiger partial charge on any atom is 0.435 e. The molecule has 2 atom stereocenters. The predicted molar refractivity (Wildman–Crippen MR) is 153 cm³/mol. The van der Waals surface area contributed by atoms with Crippen LogP contribution >= 0.6 is 0 Å². The van der Waals surface area contributed by atoms with E-state index in [9.17, 15) is 31.5 Å². The number of fused-ring (bicyclic) bond motifs is 1. The van der Waals surface area contributed by atoms with E-state index in [0.717, 1.165) is 31.3 Å². The molecule has 244 valence electrons. The van der Waals surface area contributed by atoms with Crippen LogP contribution in [0.4, 0.5) is 37.8 Å². The predicted octanol–water partition coefficient (Wildman–Crippen LogP) is 4.17. The van der Waals surface area contributed by atoms with Crippen LogP contribution in [0.15, 0.2) is 43.0 Å². The number of nitrogens with one attached hydrogen (secondary N) is 1. The van der Waals surface area contributed by atoms with E-state index in [1.165, 1.54) is 33.8 Å². The molecule has 17 heteroatoms. The van der Waals surface area contributed by atoms with Crippen LogP contribution in [0.5, 0.6) is 0 Å². The first-order valence-corrected chi connectivity index (χ1v) is 14.5. The van der Waals surface area contributed by atoms with Gasteiger partial charge in [0.15, 0.2) is 17.2 Å². The van der Waals surface area contributed by atoms with Gasteiger partial charge >= 0.3 is 6.18 Å². The number of hydrogen-bond acceptors (Lipinski definition) is 7. The van der Waals surface area contributed by atoms with E-state index in [1.807, 2.05) is 0 Å². The fourth-order valence-electron chi connectivity index (χ4n) is 5.96. The van der Waals surface area contributed by atoms with Crippen LogP contribution in [0.25, 0.3) is 16.9 Å². The summed E-state index contributed by atoms with van der Waals surface area (Å²) in [6.07, 6.45) is -1.00. The minimum absolute atomic E-state index is 0.0302. The average molecular weight is 650 g/mol. The molecule has 1 saturated heterocycles. The van der Waals surface area contributed by atoms with Gasteiger partial charge in [-0.15, -0.1) is 0 Å². The van der Waals surface area contributed by atoms with Gasteiger partial charge in [0.2, 0.25) is 5.91 Å². The highest BCUT2D eigenvalue weighted by molar-refractivity contribution is 5.95. The summed E-state index contributed by atoms with van der Waals surface area (Å²) in [4.78, 5) is 37.5. The Hall–Kier alpha value is -4.67. The lowest BCUT2D eigenvalue weighted by Gasteiger charge is -2.36. The van der Waals surface area contributed by atoms with E-state index >= 15 is 4.39 Å². The fourth-order valence-corrected chi connectivity index (χ4v) is 5.96. The number of aromatic nitrogens is 5. The summed E-state index contributed by atoms with van der Waals surface area (Å²) in [5, 5.41) is 6.18. The number of nitrogens with zero attached hydrogens (tertiary/aromatic N) is 7. The Morgan fingerprint density at radius 2 is 1.80 bits per heavy atom. The second-order valence-electron chi connectivity index (χ2n) is 11.3. The molecule has 4 aromatic rings. The molecule has 2 aliphatic rings. The Balaban J connectivity index is 1.17. The van der Waals surface area contributed by atoms with E-state index in [0.29, 0.717) is 24.2 Å². The molecule has 1 saturated carbocycles. The fraction of sp³-hybridized carbons (Fsp3) is 0.414. The highest BCUT2D eigenvalue weighted by Crippen LogP contribution is 2.37. The molecular weight excluding hydrogens is 620 g/mol. The number of alkyl halides is 5. The number of hydrogen-bond donors (Lipinski definition) is 2. The standard InChI is InChI=1S/C29H29F6N9O2/c30-21-12-18(3-4-19(21)28(46)42-9-7-41(8-10-42)27(45)16-1-2-17(36)11-16)39-25-26-38-13-22(44(26)6-5-37-25)20-14-43(15-23(31)32)40-24(20)29(33,34)35/h3-6,12-14,16-17,23H,1-2,7-11,15,36H2,(H,37,39). The van der Waals surface area contributed by atoms with Crippen LogP contribution in [-0.2, 0) is 17.5 Å². The van der Waals surface area contributed by atoms with Crippen molar-refractivity contribution in [3.8, 4) is 11.3 Å². The number of anilines is 2. The number of amides is 2. The van der Waals surface area contributed by atoms with Crippen molar-refractivity contribution in [3.05, 3.63) is 60.1 Å². The van der Waals surface area contributed by atoms with Gasteiger partial charge in [0.05, 0.1) is 23.0 Å². The smallest absolute Gasteiger partial charge is 0.339 e. The minimum atomic E-state index is -4.92. The van der Waals surface area contributed by atoms with E-state index in [2.05, 4.69) is 20.4 Å². The number of nitrogens with two attached hydrogens (primary N) is 1. The van der Waals surface area contributed by atoms with Crippen LogP contribution in [0.1, 0.15) is 35.3 Å². The van der Waals surface area contributed by atoms with E-state index in [1.54, 1.807) is 4.90 Å². The molecular formula is C29H29F6N9O2. The van der Waals surface area contributed by atoms with Crippen molar-refractivity contribution in [3.63, 3.8) is 0 Å². The lowest BCUT2D eigenvalue weighted by molar-refractivity contribution is -0.141. The molecule has 3 N–H and O–H groups in total. The minimum Gasteiger partial charge on any atom is -0.339 e. The molecule has 4 heterocycles. The van der Waals surface area contributed by atoms with Gasteiger partial charge in [-0.3, -0.25) is 18.7 Å². The van der Waals surface area contributed by atoms with Crippen LogP contribution in [0.2, 0.25) is 0 Å². The maximum atomic E-state index is 15.2. The van der Waals surface area contributed by atoms with Gasteiger partial charge in [0.1, 0.15) is 12.4 Å². The Bertz CT molecular complexity index is 1760. The SMILES string of the molecule is NC1CCC(C(=O)N2CCN(C(=O)c3ccc(Nc4nccn5c(-c6cn(CC(F)F)nc6C(F)(F)F)cnc45)cc3F)CC2)C1. The summed E-state index contributed by atoms with van der Waals surface area (Å²) >= 11 is 0. The van der Waals surface area contributed by atoms with Crippen LogP contribution in [-0.4, -0.2) is 84.4 Å². The summed E-state index contributed by atoms with van der Waals surface area (Å²) in [7, 11) is 0. The molecule has 2 amide bonds. The van der Waals surface area contributed by atoms with Crippen molar-refractivity contribution >= 4 is 29.0 Å². The van der Waals surface area contributed by atoms with Gasteiger partial charge in [-0.2, -0.15) is 18.3 Å². The molecule has 0 radical (unpaired) electrons. The number of halogens is 6. The Morgan fingerprint density at radius 3 is 2.46 bits per heavy atom. The molecule has 2 unspecified atom stereocenters. The number of carbonyl (C=O) groups excluding carboxylic acids is 2. The first kappa shape index (κ1) is 31.3. The summed E-state index contributed by atoms with van der Waals surface area (Å²) in [5.41, 5.74) is 4.14. The second kappa shape index (κ2) is 12.3. The third-order valence-electron chi connectivity index (χ3n) is 8.22. The van der Waals surface area contributed by atoms with Crippen molar-refractivity contribution in [1.82, 2.24) is 33.9 Å². The first-order chi connectivity index (χ1) is 21.9. The van der Waals surface area contributed by atoms with Crippen molar-refractivity contribution in [1.29, 1.82) is 0 Å². The lowest BCUT2D eigenvalue weighted by Crippen LogP contribution is -2.52. The Kier molecular flexibility index (Phi) is 8.35. The number of carbonyl (C=O) groups is 2. The van der Waals surface area contributed by atoms with Gasteiger partial charge < -0.3 is 20.9 Å². The molecule has 46 heavy (non-hydrogen) atoms. The Labute approximate surface area is 258 Å². The molecule has 0 bridgehead atoms.